The lowest BCUT2D eigenvalue weighted by Crippen LogP contribution is -2.12. The Bertz CT molecular complexity index is 563. The van der Waals surface area contributed by atoms with Crippen molar-refractivity contribution in [2.24, 2.45) is 0 Å². The van der Waals surface area contributed by atoms with E-state index in [1.807, 2.05) is 0 Å². The SMILES string of the molecule is Cc1occc1C(=O)Nc1ccc(N)cc1Br. The lowest BCUT2D eigenvalue weighted by molar-refractivity contribution is 0.102. The van der Waals surface area contributed by atoms with Crippen molar-refractivity contribution in [2.45, 2.75) is 6.92 Å². The maximum Gasteiger partial charge on any atom is 0.259 e. The van der Waals surface area contributed by atoms with E-state index in [0.717, 1.165) is 4.47 Å². The van der Waals surface area contributed by atoms with Crippen molar-refractivity contribution in [3.05, 3.63) is 46.3 Å². The van der Waals surface area contributed by atoms with Gasteiger partial charge < -0.3 is 15.5 Å². The van der Waals surface area contributed by atoms with Crippen molar-refractivity contribution >= 4 is 33.2 Å². The smallest absolute Gasteiger partial charge is 0.259 e. The second-order valence-electron chi connectivity index (χ2n) is 3.58. The van der Waals surface area contributed by atoms with Gasteiger partial charge in [0.25, 0.3) is 5.91 Å². The summed E-state index contributed by atoms with van der Waals surface area (Å²) in [4.78, 5) is 11.9. The van der Waals surface area contributed by atoms with Crippen LogP contribution < -0.4 is 11.1 Å². The van der Waals surface area contributed by atoms with Crippen molar-refractivity contribution in [1.29, 1.82) is 0 Å². The minimum atomic E-state index is -0.207. The van der Waals surface area contributed by atoms with Gasteiger partial charge in [0.05, 0.1) is 17.5 Å². The van der Waals surface area contributed by atoms with E-state index < -0.39 is 0 Å². The molecule has 0 bridgehead atoms. The summed E-state index contributed by atoms with van der Waals surface area (Å²) in [7, 11) is 0. The zero-order valence-electron chi connectivity index (χ0n) is 9.16. The van der Waals surface area contributed by atoms with E-state index in [0.29, 0.717) is 22.7 Å². The van der Waals surface area contributed by atoms with Gasteiger partial charge in [-0.2, -0.15) is 0 Å². The van der Waals surface area contributed by atoms with E-state index >= 15 is 0 Å². The number of amides is 1. The molecule has 0 unspecified atom stereocenters. The van der Waals surface area contributed by atoms with E-state index in [2.05, 4.69) is 21.2 Å². The summed E-state index contributed by atoms with van der Waals surface area (Å²) in [6.45, 7) is 1.74. The van der Waals surface area contributed by atoms with Crippen LogP contribution in [0.15, 0.2) is 39.4 Å². The highest BCUT2D eigenvalue weighted by Gasteiger charge is 2.12. The molecule has 0 saturated heterocycles. The summed E-state index contributed by atoms with van der Waals surface area (Å²) in [5, 5.41) is 2.78. The Morgan fingerprint density at radius 1 is 1.41 bits per heavy atom. The van der Waals surface area contributed by atoms with Crippen molar-refractivity contribution in [3.8, 4) is 0 Å². The molecule has 0 aliphatic heterocycles. The van der Waals surface area contributed by atoms with Gasteiger partial charge in [0, 0.05) is 10.2 Å². The third-order valence-corrected chi connectivity index (χ3v) is 3.00. The molecule has 1 amide bonds. The molecule has 0 aliphatic carbocycles. The molecule has 1 aromatic carbocycles. The van der Waals surface area contributed by atoms with Gasteiger partial charge in [-0.3, -0.25) is 4.79 Å². The fraction of sp³-hybridized carbons (Fsp3) is 0.0833. The van der Waals surface area contributed by atoms with Crippen molar-refractivity contribution in [1.82, 2.24) is 0 Å². The number of benzene rings is 1. The monoisotopic (exact) mass is 294 g/mol. The molecule has 0 atom stereocenters. The molecular formula is C12H11BrN2O2. The van der Waals surface area contributed by atoms with Crippen molar-refractivity contribution < 1.29 is 9.21 Å². The Morgan fingerprint density at radius 3 is 2.76 bits per heavy atom. The predicted octanol–water partition coefficient (Wildman–Crippen LogP) is 3.19. The van der Waals surface area contributed by atoms with Gasteiger partial charge in [0.1, 0.15) is 5.76 Å². The molecule has 88 valence electrons. The van der Waals surface area contributed by atoms with Crippen LogP contribution in [0.1, 0.15) is 16.1 Å². The number of nitrogen functional groups attached to an aromatic ring is 1. The number of carbonyl (C=O) groups is 1. The highest BCUT2D eigenvalue weighted by Crippen LogP contribution is 2.25. The van der Waals surface area contributed by atoms with E-state index in [1.165, 1.54) is 6.26 Å². The zero-order chi connectivity index (χ0) is 12.4. The van der Waals surface area contributed by atoms with Gasteiger partial charge in [-0.15, -0.1) is 0 Å². The van der Waals surface area contributed by atoms with Crippen LogP contribution in [-0.2, 0) is 0 Å². The number of nitrogens with one attached hydrogen (secondary N) is 1. The number of hydrogen-bond acceptors (Lipinski definition) is 3. The Balaban J connectivity index is 2.22. The van der Waals surface area contributed by atoms with Crippen molar-refractivity contribution in [3.63, 3.8) is 0 Å². The maximum atomic E-state index is 11.9. The lowest BCUT2D eigenvalue weighted by atomic mass is 10.2. The number of hydrogen-bond donors (Lipinski definition) is 2. The van der Waals surface area contributed by atoms with Gasteiger partial charge in [0.2, 0.25) is 0 Å². The Kier molecular flexibility index (Phi) is 3.19. The van der Waals surface area contributed by atoms with Crippen molar-refractivity contribution in [2.75, 3.05) is 11.1 Å². The maximum absolute atomic E-state index is 11.9. The van der Waals surface area contributed by atoms with Gasteiger partial charge in [-0.05, 0) is 47.1 Å². The Morgan fingerprint density at radius 2 is 2.18 bits per heavy atom. The molecule has 0 saturated carbocycles. The number of rotatable bonds is 2. The number of aryl methyl sites for hydroxylation is 1. The molecule has 0 aliphatic rings. The van der Waals surface area contributed by atoms with E-state index in [9.17, 15) is 4.79 Å². The number of carbonyl (C=O) groups excluding carboxylic acids is 1. The second kappa shape index (κ2) is 4.63. The molecule has 0 radical (unpaired) electrons. The van der Waals surface area contributed by atoms with Crippen LogP contribution in [0.5, 0.6) is 0 Å². The van der Waals surface area contributed by atoms with E-state index in [1.54, 1.807) is 31.2 Å². The molecule has 1 aromatic heterocycles. The molecule has 3 N–H and O–H groups in total. The number of anilines is 2. The Labute approximate surface area is 107 Å². The molecule has 0 fully saturated rings. The van der Waals surface area contributed by atoms with Gasteiger partial charge in [0.15, 0.2) is 0 Å². The minimum absolute atomic E-state index is 0.207. The highest BCUT2D eigenvalue weighted by molar-refractivity contribution is 9.10. The summed E-state index contributed by atoms with van der Waals surface area (Å²) in [5.74, 6) is 0.385. The van der Waals surface area contributed by atoms with E-state index in [4.69, 9.17) is 10.2 Å². The van der Waals surface area contributed by atoms with Crippen LogP contribution in [0.25, 0.3) is 0 Å². The molecular weight excluding hydrogens is 284 g/mol. The minimum Gasteiger partial charge on any atom is -0.469 e. The highest BCUT2D eigenvalue weighted by atomic mass is 79.9. The first-order chi connectivity index (χ1) is 8.08. The average Bonchev–Trinajstić information content (AvgIpc) is 2.68. The third-order valence-electron chi connectivity index (χ3n) is 2.34. The van der Waals surface area contributed by atoms with Gasteiger partial charge >= 0.3 is 0 Å². The summed E-state index contributed by atoms with van der Waals surface area (Å²) >= 11 is 3.34. The number of halogens is 1. The summed E-state index contributed by atoms with van der Waals surface area (Å²) in [6, 6.07) is 6.84. The average molecular weight is 295 g/mol. The molecule has 17 heavy (non-hydrogen) atoms. The van der Waals surface area contributed by atoms with Crippen LogP contribution in [0, 0.1) is 6.92 Å². The first kappa shape index (κ1) is 11.7. The molecule has 5 heteroatoms. The fourth-order valence-electron chi connectivity index (χ4n) is 1.44. The molecule has 0 spiro atoms. The molecule has 1 heterocycles. The largest absolute Gasteiger partial charge is 0.469 e. The fourth-order valence-corrected chi connectivity index (χ4v) is 1.94. The second-order valence-corrected chi connectivity index (χ2v) is 4.44. The predicted molar refractivity (Wildman–Crippen MR) is 70.0 cm³/mol. The lowest BCUT2D eigenvalue weighted by Gasteiger charge is -2.07. The first-order valence-electron chi connectivity index (χ1n) is 4.98. The standard InChI is InChI=1S/C12H11BrN2O2/c1-7-9(4-5-17-7)12(16)15-11-3-2-8(14)6-10(11)13/h2-6H,14H2,1H3,(H,15,16). The molecule has 4 nitrogen and oxygen atoms in total. The zero-order valence-corrected chi connectivity index (χ0v) is 10.7. The van der Waals surface area contributed by atoms with Crippen LogP contribution in [0.3, 0.4) is 0 Å². The van der Waals surface area contributed by atoms with Crippen LogP contribution in [0.4, 0.5) is 11.4 Å². The summed E-state index contributed by atoms with van der Waals surface area (Å²) < 4.78 is 5.82. The van der Waals surface area contributed by atoms with E-state index in [-0.39, 0.29) is 5.91 Å². The first-order valence-corrected chi connectivity index (χ1v) is 5.77. The third kappa shape index (κ3) is 2.50. The quantitative estimate of drug-likeness (QED) is 0.836. The molecule has 2 aromatic rings. The van der Waals surface area contributed by atoms with Gasteiger partial charge in [-0.25, -0.2) is 0 Å². The molecule has 2 rings (SSSR count). The van der Waals surface area contributed by atoms with Crippen LogP contribution in [-0.4, -0.2) is 5.91 Å². The van der Waals surface area contributed by atoms with Gasteiger partial charge in [-0.1, -0.05) is 0 Å². The van der Waals surface area contributed by atoms with Crippen LogP contribution in [0.2, 0.25) is 0 Å². The number of nitrogens with two attached hydrogens (primary N) is 1. The Hall–Kier alpha value is -1.75. The summed E-state index contributed by atoms with van der Waals surface area (Å²) in [5.41, 5.74) is 7.45. The number of furan rings is 1. The topological polar surface area (TPSA) is 68.3 Å². The van der Waals surface area contributed by atoms with Crippen LogP contribution >= 0.6 is 15.9 Å². The normalized spacial score (nSPS) is 10.2. The summed E-state index contributed by atoms with van der Waals surface area (Å²) in [6.07, 6.45) is 1.49.